The third-order valence-corrected chi connectivity index (χ3v) is 7.70. The predicted molar refractivity (Wildman–Crippen MR) is 176 cm³/mol. The first-order chi connectivity index (χ1) is 21.2. The van der Waals surface area contributed by atoms with Gasteiger partial charge in [0.2, 0.25) is 0 Å². The fourth-order valence-electron chi connectivity index (χ4n) is 5.63. The first-order valence-electron chi connectivity index (χ1n) is 14.5. The molecule has 0 spiro atoms. The summed E-state index contributed by atoms with van der Waals surface area (Å²) in [5.74, 6) is 2.98. The number of aromatic nitrogens is 2. The number of pyridine rings is 2. The average molecular weight is 555 g/mol. The van der Waals surface area contributed by atoms with Gasteiger partial charge < -0.3 is 10.6 Å². The zero-order valence-corrected chi connectivity index (χ0v) is 23.9. The molecule has 2 aliphatic heterocycles. The summed E-state index contributed by atoms with van der Waals surface area (Å²) >= 11 is 0. The highest BCUT2D eigenvalue weighted by Crippen LogP contribution is 2.36. The highest BCUT2D eigenvalue weighted by molar-refractivity contribution is 5.83. The molecule has 4 heterocycles. The minimum Gasteiger partial charge on any atom is -0.381 e. The van der Waals surface area contributed by atoms with Gasteiger partial charge in [-0.2, -0.15) is 0 Å². The van der Waals surface area contributed by atoms with E-state index in [0.717, 1.165) is 68.1 Å². The highest BCUT2D eigenvalue weighted by Gasteiger charge is 2.15. The van der Waals surface area contributed by atoms with E-state index in [1.165, 1.54) is 5.56 Å². The third kappa shape index (κ3) is 5.75. The van der Waals surface area contributed by atoms with Gasteiger partial charge in [-0.25, -0.2) is 0 Å². The zero-order valence-electron chi connectivity index (χ0n) is 23.9. The van der Waals surface area contributed by atoms with Crippen LogP contribution in [0.15, 0.2) is 134 Å². The Bertz CT molecular complexity index is 1960. The molecule has 206 valence electrons. The quantitative estimate of drug-likeness (QED) is 0.208. The van der Waals surface area contributed by atoms with Crippen LogP contribution in [0.1, 0.15) is 22.7 Å². The Kier molecular flexibility index (Phi) is 7.13. The topological polar surface area (TPSA) is 49.8 Å². The van der Waals surface area contributed by atoms with Crippen molar-refractivity contribution in [2.24, 2.45) is 0 Å². The molecule has 0 aliphatic carbocycles. The van der Waals surface area contributed by atoms with Crippen LogP contribution in [0.3, 0.4) is 0 Å². The molecule has 7 rings (SSSR count). The van der Waals surface area contributed by atoms with Crippen LogP contribution < -0.4 is 10.6 Å². The molecule has 3 aromatic carbocycles. The van der Waals surface area contributed by atoms with Crippen molar-refractivity contribution in [3.05, 3.63) is 150 Å². The van der Waals surface area contributed by atoms with Gasteiger partial charge >= 0.3 is 0 Å². The standard InChI is InChI=1S/C39H30N4/c1-27-18-28(30-21-32(36-10-2-6-14-40-36)25-33(22-30)37-11-3-7-15-41-37)20-29(19-27)31-23-34(38-12-4-8-16-42-38)26-35(24-31)39-13-5-9-17-43-39/h2-8,10-14,16,18-26,39,41,43H,15H2,1H3. The molecule has 4 nitrogen and oxygen atoms in total. The van der Waals surface area contributed by atoms with Gasteiger partial charge in [0.1, 0.15) is 0 Å². The van der Waals surface area contributed by atoms with E-state index in [1.807, 2.05) is 42.7 Å². The van der Waals surface area contributed by atoms with Crippen LogP contribution in [0.25, 0.3) is 50.5 Å². The normalized spacial score (nSPS) is 15.1. The number of aryl methyl sites for hydroxylation is 1. The maximum atomic E-state index is 4.66. The Morgan fingerprint density at radius 1 is 0.698 bits per heavy atom. The highest BCUT2D eigenvalue weighted by atomic mass is 14.9. The number of rotatable bonds is 6. The smallest absolute Gasteiger partial charge is 0.0782 e. The van der Waals surface area contributed by atoms with E-state index in [0.29, 0.717) is 0 Å². The fraction of sp³-hybridized carbons (Fsp3) is 0.0769. The molecule has 43 heavy (non-hydrogen) atoms. The van der Waals surface area contributed by atoms with Gasteiger partial charge in [0.05, 0.1) is 17.4 Å². The van der Waals surface area contributed by atoms with E-state index in [-0.39, 0.29) is 6.04 Å². The van der Waals surface area contributed by atoms with Crippen molar-refractivity contribution in [3.8, 4) is 56.7 Å². The van der Waals surface area contributed by atoms with E-state index in [2.05, 4.69) is 131 Å². The number of allylic oxidation sites excluding steroid dienone is 3. The zero-order chi connectivity index (χ0) is 29.0. The SMILES string of the molecule is Cc1cc(-c2cc(C3=CC=CCN3)cc(-c3ccccn3)c2)cc(-c2cc(-c3ccccn3)cc(C3C=CC#CN3)c2)c1. The minimum absolute atomic E-state index is 0.0101. The molecule has 0 fully saturated rings. The van der Waals surface area contributed by atoms with Gasteiger partial charge in [-0.1, -0.05) is 42.3 Å². The van der Waals surface area contributed by atoms with Crippen LogP contribution in [-0.2, 0) is 0 Å². The summed E-state index contributed by atoms with van der Waals surface area (Å²) in [6.07, 6.45) is 14.1. The Morgan fingerprint density at radius 2 is 1.30 bits per heavy atom. The Labute approximate surface area is 252 Å². The fourth-order valence-corrected chi connectivity index (χ4v) is 5.63. The van der Waals surface area contributed by atoms with Gasteiger partial charge in [-0.3, -0.25) is 9.97 Å². The lowest BCUT2D eigenvalue weighted by Crippen LogP contribution is -2.15. The molecule has 2 aliphatic rings. The summed E-state index contributed by atoms with van der Waals surface area (Å²) in [4.78, 5) is 9.32. The molecule has 0 radical (unpaired) electrons. The number of hydrogen-bond donors (Lipinski definition) is 2. The molecule has 1 unspecified atom stereocenters. The summed E-state index contributed by atoms with van der Waals surface area (Å²) in [5, 5.41) is 6.84. The summed E-state index contributed by atoms with van der Waals surface area (Å²) in [5.41, 5.74) is 13.3. The Morgan fingerprint density at radius 3 is 1.93 bits per heavy atom. The van der Waals surface area contributed by atoms with Crippen molar-refractivity contribution in [3.63, 3.8) is 0 Å². The summed E-state index contributed by atoms with van der Waals surface area (Å²) < 4.78 is 0. The van der Waals surface area contributed by atoms with Gasteiger partial charge in [-0.05, 0) is 131 Å². The van der Waals surface area contributed by atoms with Crippen molar-refractivity contribution >= 4 is 5.70 Å². The van der Waals surface area contributed by atoms with Crippen molar-refractivity contribution in [2.45, 2.75) is 13.0 Å². The molecular weight excluding hydrogens is 524 g/mol. The van der Waals surface area contributed by atoms with E-state index in [9.17, 15) is 0 Å². The molecule has 0 amide bonds. The van der Waals surface area contributed by atoms with E-state index in [4.69, 9.17) is 0 Å². The summed E-state index contributed by atoms with van der Waals surface area (Å²) in [7, 11) is 0. The van der Waals surface area contributed by atoms with Crippen LogP contribution in [-0.4, -0.2) is 16.5 Å². The van der Waals surface area contributed by atoms with Gasteiger partial charge in [0.25, 0.3) is 0 Å². The van der Waals surface area contributed by atoms with Crippen LogP contribution in [0.5, 0.6) is 0 Å². The van der Waals surface area contributed by atoms with Crippen LogP contribution in [0.4, 0.5) is 0 Å². The van der Waals surface area contributed by atoms with E-state index in [1.54, 1.807) is 0 Å². The maximum Gasteiger partial charge on any atom is 0.0782 e. The second-order valence-corrected chi connectivity index (χ2v) is 10.8. The molecule has 0 bridgehead atoms. The average Bonchev–Trinajstić information content (AvgIpc) is 3.09. The lowest BCUT2D eigenvalue weighted by molar-refractivity contribution is 0.773. The van der Waals surface area contributed by atoms with Crippen LogP contribution in [0.2, 0.25) is 0 Å². The molecule has 2 aromatic heterocycles. The number of nitrogens with one attached hydrogen (secondary N) is 2. The number of hydrogen-bond acceptors (Lipinski definition) is 4. The van der Waals surface area contributed by atoms with Crippen molar-refractivity contribution in [1.82, 2.24) is 20.6 Å². The van der Waals surface area contributed by atoms with Crippen LogP contribution in [0, 0.1) is 18.9 Å². The molecule has 0 saturated carbocycles. The number of nitrogens with zero attached hydrogens (tertiary/aromatic N) is 2. The lowest BCUT2D eigenvalue weighted by atomic mass is 9.90. The molecule has 2 N–H and O–H groups in total. The first kappa shape index (κ1) is 26.3. The third-order valence-electron chi connectivity index (χ3n) is 7.70. The van der Waals surface area contributed by atoms with Gasteiger partial charge in [0, 0.05) is 41.8 Å². The summed E-state index contributed by atoms with van der Waals surface area (Å²) in [6.45, 7) is 2.98. The molecule has 0 saturated heterocycles. The van der Waals surface area contributed by atoms with Crippen molar-refractivity contribution in [2.75, 3.05) is 6.54 Å². The Balaban J connectivity index is 1.37. The summed E-state index contributed by atoms with van der Waals surface area (Å²) in [6, 6.07) is 35.4. The molecule has 4 heteroatoms. The molecular formula is C39H30N4. The first-order valence-corrected chi connectivity index (χ1v) is 14.5. The minimum atomic E-state index is 0.0101. The van der Waals surface area contributed by atoms with E-state index < -0.39 is 0 Å². The van der Waals surface area contributed by atoms with Gasteiger partial charge in [0.15, 0.2) is 0 Å². The van der Waals surface area contributed by atoms with Crippen molar-refractivity contribution < 1.29 is 0 Å². The lowest BCUT2D eigenvalue weighted by Gasteiger charge is -2.18. The second kappa shape index (κ2) is 11.7. The van der Waals surface area contributed by atoms with Gasteiger partial charge in [-0.15, -0.1) is 0 Å². The molecule has 5 aromatic rings. The Hall–Kier alpha value is -5.66. The largest absolute Gasteiger partial charge is 0.381 e. The van der Waals surface area contributed by atoms with E-state index >= 15 is 0 Å². The monoisotopic (exact) mass is 554 g/mol. The number of dihydropyridines is 1. The van der Waals surface area contributed by atoms with Crippen LogP contribution >= 0.6 is 0 Å². The van der Waals surface area contributed by atoms with Crippen molar-refractivity contribution in [1.29, 1.82) is 0 Å². The molecule has 1 atom stereocenters. The maximum absolute atomic E-state index is 4.66. The number of benzene rings is 3. The second-order valence-electron chi connectivity index (χ2n) is 10.8. The predicted octanol–water partition coefficient (Wildman–Crippen LogP) is 8.11.